The van der Waals surface area contributed by atoms with Crippen molar-refractivity contribution in [2.24, 2.45) is 0 Å². The number of rotatable bonds is 3. The number of aliphatic hydroxyl groups is 2. The van der Waals surface area contributed by atoms with E-state index in [2.05, 4.69) is 4.18 Å². The molecular weight excluding hydrogens is 342 g/mol. The molecule has 0 spiro atoms. The Balaban J connectivity index is 0. The van der Waals surface area contributed by atoms with Crippen LogP contribution >= 0.6 is 0 Å². The van der Waals surface area contributed by atoms with Gasteiger partial charge in [-0.15, -0.1) is 0 Å². The predicted octanol–water partition coefficient (Wildman–Crippen LogP) is -4.65. The normalized spacial score (nSPS) is 33.4. The largest absolute Gasteiger partial charge is 1.00 e. The number of ether oxygens (including phenoxy) is 1. The van der Waals surface area contributed by atoms with Crippen LogP contribution in [0.3, 0.4) is 0 Å². The van der Waals surface area contributed by atoms with Crippen LogP contribution in [0.2, 0.25) is 0 Å². The van der Waals surface area contributed by atoms with Gasteiger partial charge in [-0.05, 0) is 0 Å². The van der Waals surface area contributed by atoms with Crippen molar-refractivity contribution in [1.29, 1.82) is 0 Å². The third kappa shape index (κ3) is 7.86. The zero-order valence-electron chi connectivity index (χ0n) is 9.14. The minimum atomic E-state index is -4.81. The molecule has 0 amide bonds. The molecule has 0 saturated carbocycles. The Morgan fingerprint density at radius 3 is 2.41 bits per heavy atom. The molecule has 1 fully saturated rings. The van der Waals surface area contributed by atoms with Gasteiger partial charge in [0.05, 0.1) is 12.7 Å². The fourth-order valence-electron chi connectivity index (χ4n) is 1.21. The monoisotopic (exact) mass is 353 g/mol. The molecule has 1 aliphatic heterocycles. The summed E-state index contributed by atoms with van der Waals surface area (Å²) >= 11 is 0. The van der Waals surface area contributed by atoms with E-state index in [1.807, 2.05) is 0 Å². The van der Waals surface area contributed by atoms with E-state index in [0.29, 0.717) is 0 Å². The third-order valence-corrected chi connectivity index (χ3v) is 2.38. The second-order valence-electron chi connectivity index (χ2n) is 3.17. The van der Waals surface area contributed by atoms with E-state index in [1.54, 1.807) is 0 Å². The maximum absolute atomic E-state index is 10.1. The van der Waals surface area contributed by atoms with Crippen LogP contribution in [0.25, 0.3) is 5.73 Å². The van der Waals surface area contributed by atoms with Gasteiger partial charge in [-0.3, -0.25) is 4.18 Å². The molecule has 1 rings (SSSR count). The molecule has 1 heterocycles. The van der Waals surface area contributed by atoms with Gasteiger partial charge >= 0.3 is 29.6 Å². The number of nitrogens with one attached hydrogen (secondary N) is 1. The van der Waals surface area contributed by atoms with Gasteiger partial charge in [0.15, 0.2) is 0 Å². The fraction of sp³-hybridized carbons (Fsp3) is 1.00. The molecule has 4 atom stereocenters. The van der Waals surface area contributed by atoms with E-state index in [-0.39, 0.29) is 68.7 Å². The second-order valence-corrected chi connectivity index (χ2v) is 4.22. The predicted molar refractivity (Wildman–Crippen MR) is 45.3 cm³/mol. The summed E-state index contributed by atoms with van der Waals surface area (Å²) in [6, 6.07) is -1.20. The first-order valence-electron chi connectivity index (χ1n) is 4.12. The van der Waals surface area contributed by atoms with Crippen LogP contribution in [0.1, 0.15) is 6.42 Å². The van der Waals surface area contributed by atoms with Crippen molar-refractivity contribution < 1.29 is 94.4 Å². The van der Waals surface area contributed by atoms with Gasteiger partial charge in [0.2, 0.25) is 10.4 Å². The summed E-state index contributed by atoms with van der Waals surface area (Å²) in [4.78, 5) is 0. The summed E-state index contributed by atoms with van der Waals surface area (Å²) in [7, 11) is -4.81. The minimum absolute atomic E-state index is 0. The van der Waals surface area contributed by atoms with Crippen molar-refractivity contribution in [3.8, 4) is 0 Å². The van der Waals surface area contributed by atoms with E-state index in [1.165, 1.54) is 0 Å². The van der Waals surface area contributed by atoms with Gasteiger partial charge in [-0.1, -0.05) is 6.04 Å². The quantitative estimate of drug-likeness (QED) is 0.295. The summed E-state index contributed by atoms with van der Waals surface area (Å²) in [5.41, 5.74) is 7.18. The van der Waals surface area contributed by atoms with Gasteiger partial charge in [-0.25, -0.2) is 8.42 Å². The zero-order valence-corrected chi connectivity index (χ0v) is 14.8. The first-order valence-corrected chi connectivity index (χ1v) is 5.46. The van der Waals surface area contributed by atoms with E-state index in [9.17, 15) is 18.1 Å². The van der Waals surface area contributed by atoms with Crippen LogP contribution in [0, 0.1) is 0 Å². The van der Waals surface area contributed by atoms with Crippen LogP contribution in [-0.2, 0) is 52.0 Å². The van der Waals surface area contributed by atoms with Crippen LogP contribution in [-0.4, -0.2) is 54.3 Å². The minimum Gasteiger partial charge on any atom is -0.726 e. The topological polar surface area (TPSA) is 140 Å². The van der Waals surface area contributed by atoms with E-state index >= 15 is 0 Å². The summed E-state index contributed by atoms with van der Waals surface area (Å²) in [6.45, 7) is -0.577. The Labute approximate surface area is 146 Å². The first kappa shape index (κ1) is 21.1. The molecule has 1 saturated heterocycles. The van der Waals surface area contributed by atoms with E-state index in [0.717, 1.165) is 0 Å². The fourth-order valence-corrected chi connectivity index (χ4v) is 1.53. The van der Waals surface area contributed by atoms with Gasteiger partial charge in [0.1, 0.15) is 6.29 Å². The molecule has 3 N–H and O–H groups in total. The maximum Gasteiger partial charge on any atom is 1.00 e. The van der Waals surface area contributed by atoms with E-state index < -0.39 is 41.5 Å². The Bertz CT molecular complexity index is 303. The van der Waals surface area contributed by atoms with Crippen LogP contribution in [0.5, 0.6) is 0 Å². The zero-order chi connectivity index (χ0) is 11.6. The smallest absolute Gasteiger partial charge is 0.726 e. The van der Waals surface area contributed by atoms with Crippen molar-refractivity contribution in [2.45, 2.75) is 31.0 Å². The van der Waals surface area contributed by atoms with Gasteiger partial charge < -0.3 is 25.2 Å². The molecule has 0 aromatic carbocycles. The van der Waals surface area contributed by atoms with Crippen LogP contribution < -0.4 is 29.6 Å². The average Bonchev–Trinajstić information content (AvgIpc) is 2.09. The Morgan fingerprint density at radius 1 is 1.47 bits per heavy atom. The van der Waals surface area contributed by atoms with Crippen molar-refractivity contribution in [3.63, 3.8) is 0 Å². The molecule has 0 bridgehead atoms. The number of hydrogen-bond donors (Lipinski definition) is 2. The third-order valence-electron chi connectivity index (χ3n) is 1.96. The second kappa shape index (κ2) is 8.88. The Kier molecular flexibility index (Phi) is 11.0. The molecule has 1 aliphatic rings. The van der Waals surface area contributed by atoms with Crippen molar-refractivity contribution in [3.05, 3.63) is 5.73 Å². The molecule has 1 radical (unpaired) electrons. The van der Waals surface area contributed by atoms with Gasteiger partial charge in [-0.2, -0.15) is 0 Å². The maximum atomic E-state index is 10.1. The number of aliphatic hydroxyl groups excluding tert-OH is 2. The van der Waals surface area contributed by atoms with E-state index in [4.69, 9.17) is 15.6 Å². The summed E-state index contributed by atoms with van der Waals surface area (Å²) in [5, 5.41) is 18.3. The van der Waals surface area contributed by atoms with Gasteiger partial charge in [0.25, 0.3) is 0 Å². The molecular formula is C6H11NNaO7SY-. The van der Waals surface area contributed by atoms with Gasteiger partial charge in [0, 0.05) is 45.2 Å². The SMILES string of the molecule is [NH-]C1C(O)CC(COS(=O)(=O)[O-])OC1O.[Na+].[Y]. The van der Waals surface area contributed by atoms with Crippen molar-refractivity contribution in [1.82, 2.24) is 0 Å². The molecule has 8 nitrogen and oxygen atoms in total. The molecule has 17 heavy (non-hydrogen) atoms. The average molecular weight is 353 g/mol. The molecule has 93 valence electrons. The molecule has 0 aromatic heterocycles. The summed E-state index contributed by atoms with van der Waals surface area (Å²) in [5.74, 6) is 0. The Morgan fingerprint density at radius 2 is 2.00 bits per heavy atom. The number of hydrogen-bond acceptors (Lipinski definition) is 7. The molecule has 4 unspecified atom stereocenters. The first-order chi connectivity index (χ1) is 6.79. The van der Waals surface area contributed by atoms with Crippen molar-refractivity contribution >= 4 is 10.4 Å². The summed E-state index contributed by atoms with van der Waals surface area (Å²) in [6.07, 6.45) is -3.64. The molecule has 0 aliphatic carbocycles. The standard InChI is InChI=1S/C6H12NO7S.Na.Y/c7-5-4(8)1-3(14-6(5)9)2-13-15(10,11)12;;/h3-9H,1-2H2,(H,10,11,12);;/q-1;+1;/p-1. The Hall–Kier alpha value is 1.81. The molecule has 11 heteroatoms. The van der Waals surface area contributed by atoms with Crippen LogP contribution in [0.15, 0.2) is 0 Å². The van der Waals surface area contributed by atoms with Crippen molar-refractivity contribution in [2.75, 3.05) is 6.61 Å². The summed E-state index contributed by atoms with van der Waals surface area (Å²) < 4.78 is 39.0. The van der Waals surface area contributed by atoms with Crippen LogP contribution in [0.4, 0.5) is 0 Å². The molecule has 0 aromatic rings.